The normalized spacial score (nSPS) is 10.6. The fourth-order valence-corrected chi connectivity index (χ4v) is 11.6. The van der Waals surface area contributed by atoms with Crippen molar-refractivity contribution in [2.24, 2.45) is 0 Å². The smallest absolute Gasteiger partial charge is 0.417 e. The largest absolute Gasteiger partial charge is 0.497 e. The van der Waals surface area contributed by atoms with Crippen LogP contribution in [0.1, 0.15) is 43.0 Å². The number of fused-ring (bicyclic) bond motifs is 3. The van der Waals surface area contributed by atoms with Crippen molar-refractivity contribution in [3.8, 4) is 80.7 Å². The van der Waals surface area contributed by atoms with E-state index in [0.717, 1.165) is 93.8 Å². The Balaban J connectivity index is 0.000000157. The van der Waals surface area contributed by atoms with Crippen molar-refractivity contribution in [1.82, 2.24) is 13.7 Å². The van der Waals surface area contributed by atoms with E-state index in [4.69, 9.17) is 40.0 Å². The third kappa shape index (κ3) is 15.2. The second-order valence-electron chi connectivity index (χ2n) is 21.3. The van der Waals surface area contributed by atoms with Crippen LogP contribution in [-0.2, 0) is 31.0 Å². The number of benzene rings is 9. The molecule has 0 bridgehead atoms. The molecule has 0 aliphatic carbocycles. The third-order valence-corrected chi connectivity index (χ3v) is 16.3. The molecule has 3 heterocycles. The Morgan fingerprint density at radius 2 is 0.771 bits per heavy atom. The van der Waals surface area contributed by atoms with Crippen LogP contribution in [0.3, 0.4) is 0 Å². The van der Waals surface area contributed by atoms with Crippen LogP contribution in [0.15, 0.2) is 211 Å². The van der Waals surface area contributed by atoms with Crippen LogP contribution in [0.2, 0.25) is 5.02 Å². The Hall–Kier alpha value is -12.0. The molecule has 0 aliphatic rings. The highest BCUT2D eigenvalue weighted by molar-refractivity contribution is 9.10. The molecule has 12 aromatic rings. The molecule has 0 fully saturated rings. The van der Waals surface area contributed by atoms with Gasteiger partial charge in [-0.05, 0) is 148 Å². The summed E-state index contributed by atoms with van der Waals surface area (Å²) in [7, 11) is 4.86. The zero-order chi connectivity index (χ0) is 67.8. The SMILES string of the molecule is CCn1c(-c2cccc(NC(=O)OCc3ccccc3)c2)c(C#N)c2ccc(OC)cc21.CCn1c(-c2cccc(NC(=O)Oc3ccc(Br)cc3)c2)c(C#N)c2ccc(OC)cc21.CCn1c(-c2cccc(NC(=O)Oc3ccc(Cl)cc3)c2)c(C#N)c2ccc(OC)cc21. The summed E-state index contributed by atoms with van der Waals surface area (Å²) in [4.78, 5) is 37.0. The van der Waals surface area contributed by atoms with Crippen molar-refractivity contribution in [3.05, 3.63) is 238 Å². The lowest BCUT2D eigenvalue weighted by molar-refractivity contribution is 0.155. The number of carbonyl (C=O) groups is 3. The van der Waals surface area contributed by atoms with Crippen LogP contribution in [0.5, 0.6) is 28.7 Å². The second-order valence-corrected chi connectivity index (χ2v) is 22.6. The summed E-state index contributed by atoms with van der Waals surface area (Å²) in [5, 5.41) is 41.2. The number of halogens is 2. The van der Waals surface area contributed by atoms with E-state index >= 15 is 0 Å². The minimum Gasteiger partial charge on any atom is -0.497 e. The first kappa shape index (κ1) is 67.0. The average molecular weight is 1360 g/mol. The number of nitrogens with zero attached hydrogens (tertiary/aromatic N) is 6. The van der Waals surface area contributed by atoms with Crippen molar-refractivity contribution in [1.29, 1.82) is 15.8 Å². The van der Waals surface area contributed by atoms with Gasteiger partial charge >= 0.3 is 18.3 Å². The molecule has 0 unspecified atom stereocenters. The zero-order valence-corrected chi connectivity index (χ0v) is 55.4. The van der Waals surface area contributed by atoms with E-state index in [-0.39, 0.29) is 6.61 Å². The van der Waals surface area contributed by atoms with Crippen LogP contribution in [-0.4, -0.2) is 53.3 Å². The second kappa shape index (κ2) is 31.1. The Morgan fingerprint density at radius 1 is 0.427 bits per heavy atom. The summed E-state index contributed by atoms with van der Waals surface area (Å²) >= 11 is 9.21. The third-order valence-electron chi connectivity index (χ3n) is 15.5. The molecule has 20 heteroatoms. The highest BCUT2D eigenvalue weighted by atomic mass is 79.9. The quantitative estimate of drug-likeness (QED) is 0.0821. The summed E-state index contributed by atoms with van der Waals surface area (Å²) in [5.41, 5.74) is 12.0. The molecule has 3 N–H and O–H groups in total. The molecule has 0 spiro atoms. The fourth-order valence-electron chi connectivity index (χ4n) is 11.2. The monoisotopic (exact) mass is 1360 g/mol. The van der Waals surface area contributed by atoms with Crippen molar-refractivity contribution in [3.63, 3.8) is 0 Å². The molecule has 12 rings (SSSR count). The van der Waals surface area contributed by atoms with Crippen molar-refractivity contribution in [2.45, 2.75) is 47.0 Å². The van der Waals surface area contributed by atoms with Gasteiger partial charge in [0.1, 0.15) is 53.6 Å². The maximum Gasteiger partial charge on any atom is 0.417 e. The Bertz CT molecular complexity index is 4760. The molecular weight excluding hydrogens is 1300 g/mol. The number of hydrogen-bond donors (Lipinski definition) is 3. The lowest BCUT2D eigenvalue weighted by Gasteiger charge is -2.11. The maximum atomic E-state index is 12.4. The van der Waals surface area contributed by atoms with Gasteiger partial charge in [0.05, 0.1) is 71.7 Å². The number of ether oxygens (including phenoxy) is 6. The fraction of sp³-hybridized carbons (Fsp3) is 0.132. The number of carbonyl (C=O) groups excluding carboxylic acids is 3. The van der Waals surface area contributed by atoms with Crippen molar-refractivity contribution < 1.29 is 42.8 Å². The summed E-state index contributed by atoms with van der Waals surface area (Å²) in [6.07, 6.45) is -1.75. The van der Waals surface area contributed by atoms with E-state index in [1.165, 1.54) is 0 Å². The number of amides is 3. The number of aromatic nitrogens is 3. The van der Waals surface area contributed by atoms with E-state index in [0.29, 0.717) is 69.9 Å². The highest BCUT2D eigenvalue weighted by Gasteiger charge is 2.23. The van der Waals surface area contributed by atoms with E-state index in [2.05, 4.69) is 63.8 Å². The summed E-state index contributed by atoms with van der Waals surface area (Å²) < 4.78 is 39.2. The minimum atomic E-state index is -0.620. The van der Waals surface area contributed by atoms with Gasteiger partial charge in [-0.25, -0.2) is 14.4 Å². The Kier molecular flexibility index (Phi) is 21.7. The van der Waals surface area contributed by atoms with Gasteiger partial charge in [-0.3, -0.25) is 16.0 Å². The molecule has 0 radical (unpaired) electrons. The Labute approximate surface area is 567 Å². The molecule has 3 amide bonds. The molecule has 9 aromatic carbocycles. The number of anilines is 3. The summed E-state index contributed by atoms with van der Waals surface area (Å²) in [6.45, 7) is 8.29. The lowest BCUT2D eigenvalue weighted by atomic mass is 10.1. The minimum absolute atomic E-state index is 0.191. The Morgan fingerprint density at radius 3 is 1.11 bits per heavy atom. The van der Waals surface area contributed by atoms with E-state index in [1.54, 1.807) is 88.1 Å². The van der Waals surface area contributed by atoms with Gasteiger partial charge in [-0.2, -0.15) is 15.8 Å². The van der Waals surface area contributed by atoms with Gasteiger partial charge in [0.25, 0.3) is 0 Å². The van der Waals surface area contributed by atoms with Crippen LogP contribution in [0, 0.1) is 34.0 Å². The predicted octanol–water partition coefficient (Wildman–Crippen LogP) is 19.0. The van der Waals surface area contributed by atoms with Crippen molar-refractivity contribution >= 4 is 95.6 Å². The highest BCUT2D eigenvalue weighted by Crippen LogP contribution is 2.40. The van der Waals surface area contributed by atoms with Gasteiger partial charge in [0, 0.05) is 97.2 Å². The molecule has 3 aromatic heterocycles. The lowest BCUT2D eigenvalue weighted by Crippen LogP contribution is -2.16. The number of hydrogen-bond acceptors (Lipinski definition) is 12. The molecule has 480 valence electrons. The zero-order valence-electron chi connectivity index (χ0n) is 53.1. The topological polar surface area (TPSA) is 229 Å². The van der Waals surface area contributed by atoms with Gasteiger partial charge in [0.2, 0.25) is 0 Å². The van der Waals surface area contributed by atoms with Gasteiger partial charge < -0.3 is 42.1 Å². The van der Waals surface area contributed by atoms with Gasteiger partial charge in [-0.1, -0.05) is 94.3 Å². The number of methoxy groups -OCH3 is 3. The van der Waals surface area contributed by atoms with Crippen LogP contribution >= 0.6 is 27.5 Å². The number of aryl methyl sites for hydroxylation is 3. The number of nitriles is 3. The first-order valence-corrected chi connectivity index (χ1v) is 31.5. The van der Waals surface area contributed by atoms with Crippen molar-refractivity contribution in [2.75, 3.05) is 37.3 Å². The molecule has 18 nitrogen and oxygen atoms in total. The summed E-state index contributed by atoms with van der Waals surface area (Å²) in [5.74, 6) is 3.01. The molecule has 0 aliphatic heterocycles. The standard InChI is InChI=1S/C26H23N3O3.C25H20BrN3O3.C25H20ClN3O3/c1-3-29-24-15-21(31-2)12-13-22(24)23(16-27)25(29)19-10-7-11-20(14-19)28-26(30)32-17-18-8-5-4-6-9-18;2*1-3-29-23-14-20(31-2)11-12-21(23)22(15-27)24(29)16-5-4-6-18(13-16)28-25(30)32-19-9-7-17(26)8-10-19/h4-15H,3,17H2,1-2H3,(H,28,30);2*4-14H,3H2,1-2H3,(H,28,30). The first-order valence-electron chi connectivity index (χ1n) is 30.3. The van der Waals surface area contributed by atoms with E-state index in [9.17, 15) is 30.2 Å². The van der Waals surface area contributed by atoms with Crippen LogP contribution in [0.4, 0.5) is 31.4 Å². The molecule has 0 saturated heterocycles. The molecule has 0 atom stereocenters. The first-order chi connectivity index (χ1) is 46.7. The van der Waals surface area contributed by atoms with Gasteiger partial charge in [-0.15, -0.1) is 0 Å². The van der Waals surface area contributed by atoms with E-state index in [1.807, 2.05) is 160 Å². The van der Waals surface area contributed by atoms with Crippen LogP contribution < -0.4 is 39.6 Å². The summed E-state index contributed by atoms with van der Waals surface area (Å²) in [6, 6.07) is 69.2. The maximum absolute atomic E-state index is 12.4. The predicted molar refractivity (Wildman–Crippen MR) is 378 cm³/mol. The van der Waals surface area contributed by atoms with Gasteiger partial charge in [0.15, 0.2) is 0 Å². The number of rotatable bonds is 16. The molecular formula is C76H63BrClN9O9. The molecule has 0 saturated carbocycles. The number of nitrogens with one attached hydrogen (secondary N) is 3. The van der Waals surface area contributed by atoms with E-state index < -0.39 is 18.3 Å². The van der Waals surface area contributed by atoms with Crippen LogP contribution in [0.25, 0.3) is 66.5 Å². The average Bonchev–Trinajstić information content (AvgIpc) is 1.63. The molecule has 96 heavy (non-hydrogen) atoms.